The first-order chi connectivity index (χ1) is 12.7. The van der Waals surface area contributed by atoms with Gasteiger partial charge in [-0.2, -0.15) is 8.42 Å². The van der Waals surface area contributed by atoms with Crippen molar-refractivity contribution < 1.29 is 22.3 Å². The summed E-state index contributed by atoms with van der Waals surface area (Å²) in [4.78, 5) is 21.7. The van der Waals surface area contributed by atoms with Crippen LogP contribution in [0.1, 0.15) is 5.56 Å². The highest BCUT2D eigenvalue weighted by Gasteiger charge is 2.23. The van der Waals surface area contributed by atoms with E-state index in [1.807, 2.05) is 0 Å². The van der Waals surface area contributed by atoms with Gasteiger partial charge in [-0.25, -0.2) is 0 Å². The third kappa shape index (κ3) is 4.33. The zero-order valence-corrected chi connectivity index (χ0v) is 15.0. The second kappa shape index (κ2) is 7.21. The summed E-state index contributed by atoms with van der Waals surface area (Å²) in [5, 5.41) is 20.6. The third-order valence-electron chi connectivity index (χ3n) is 3.34. The molecule has 1 heterocycles. The Bertz CT molecular complexity index is 1090. The van der Waals surface area contributed by atoms with Crippen molar-refractivity contribution in [2.24, 2.45) is 0 Å². The van der Waals surface area contributed by atoms with Crippen molar-refractivity contribution in [3.63, 3.8) is 0 Å². The predicted molar refractivity (Wildman–Crippen MR) is 98.8 cm³/mol. The standard InChI is InChI=1S/C16H11N3O6S2/c17-16-18-15(20)14(26-16)8-10-3-1-5-12(7-10)25-27(23,24)13-6-2-4-11(9-13)19(21)22/h1-9H,(H2,17,18,20)/b14-8-. The van der Waals surface area contributed by atoms with Gasteiger partial charge in [0, 0.05) is 12.1 Å². The number of hydrogen-bond acceptors (Lipinski definition) is 8. The summed E-state index contributed by atoms with van der Waals surface area (Å²) in [6, 6.07) is 10.5. The fraction of sp³-hybridized carbons (Fsp3) is 0. The van der Waals surface area contributed by atoms with Crippen molar-refractivity contribution in [3.8, 4) is 5.75 Å². The molecule has 11 heteroatoms. The predicted octanol–water partition coefficient (Wildman–Crippen LogP) is 2.50. The Morgan fingerprint density at radius 3 is 2.59 bits per heavy atom. The SMILES string of the molecule is N=C1NC(=O)/C(=C/c2cccc(OS(=O)(=O)c3cccc([N+](=O)[O-])c3)c2)S1. The lowest BCUT2D eigenvalue weighted by atomic mass is 10.2. The molecule has 0 aromatic heterocycles. The lowest BCUT2D eigenvalue weighted by Gasteiger charge is -2.07. The van der Waals surface area contributed by atoms with Crippen molar-refractivity contribution in [3.05, 3.63) is 69.1 Å². The molecule has 3 rings (SSSR count). The Balaban J connectivity index is 1.87. The van der Waals surface area contributed by atoms with Crippen molar-refractivity contribution in [2.75, 3.05) is 0 Å². The minimum atomic E-state index is -4.28. The first-order valence-electron chi connectivity index (χ1n) is 7.33. The van der Waals surface area contributed by atoms with Gasteiger partial charge in [0.05, 0.1) is 9.83 Å². The van der Waals surface area contributed by atoms with Crippen LogP contribution in [0.5, 0.6) is 5.75 Å². The highest BCUT2D eigenvalue weighted by atomic mass is 32.2. The number of nitro groups is 1. The number of non-ortho nitro benzene ring substituents is 1. The van der Waals surface area contributed by atoms with Gasteiger partial charge in [0.2, 0.25) is 0 Å². The van der Waals surface area contributed by atoms with E-state index in [-0.39, 0.29) is 21.5 Å². The first-order valence-corrected chi connectivity index (χ1v) is 9.55. The Labute approximate surface area is 157 Å². The van der Waals surface area contributed by atoms with E-state index < -0.39 is 20.9 Å². The number of thioether (sulfide) groups is 1. The quantitative estimate of drug-likeness (QED) is 0.337. The highest BCUT2D eigenvalue weighted by Crippen LogP contribution is 2.27. The number of benzene rings is 2. The highest BCUT2D eigenvalue weighted by molar-refractivity contribution is 8.18. The van der Waals surface area contributed by atoms with Crippen LogP contribution in [0.15, 0.2) is 58.3 Å². The Morgan fingerprint density at radius 1 is 1.19 bits per heavy atom. The number of hydrogen-bond donors (Lipinski definition) is 2. The molecule has 2 aromatic rings. The molecular weight excluding hydrogens is 394 g/mol. The van der Waals surface area contributed by atoms with Crippen molar-refractivity contribution in [1.29, 1.82) is 5.41 Å². The van der Waals surface area contributed by atoms with Crippen LogP contribution in [-0.4, -0.2) is 24.4 Å². The van der Waals surface area contributed by atoms with Crippen LogP contribution in [-0.2, 0) is 14.9 Å². The van der Waals surface area contributed by atoms with Crippen molar-refractivity contribution >= 4 is 44.7 Å². The number of amides is 1. The van der Waals surface area contributed by atoms with E-state index in [9.17, 15) is 23.3 Å². The average Bonchev–Trinajstić information content (AvgIpc) is 2.92. The largest absolute Gasteiger partial charge is 0.379 e. The fourth-order valence-electron chi connectivity index (χ4n) is 2.18. The maximum atomic E-state index is 12.4. The van der Waals surface area contributed by atoms with Gasteiger partial charge in [-0.3, -0.25) is 20.3 Å². The smallest absolute Gasteiger partial charge is 0.339 e. The van der Waals surface area contributed by atoms with E-state index in [2.05, 4.69) is 5.32 Å². The Kier molecular flexibility index (Phi) is 4.97. The molecule has 0 bridgehead atoms. The molecule has 2 N–H and O–H groups in total. The average molecular weight is 405 g/mol. The topological polar surface area (TPSA) is 139 Å². The molecular formula is C16H11N3O6S2. The van der Waals surface area contributed by atoms with Crippen LogP contribution in [0.4, 0.5) is 5.69 Å². The lowest BCUT2D eigenvalue weighted by Crippen LogP contribution is -2.18. The van der Waals surface area contributed by atoms with Gasteiger partial charge in [-0.1, -0.05) is 18.2 Å². The zero-order valence-electron chi connectivity index (χ0n) is 13.4. The minimum absolute atomic E-state index is 0.00639. The maximum Gasteiger partial charge on any atom is 0.339 e. The summed E-state index contributed by atoms with van der Waals surface area (Å²) in [5.41, 5.74) is 0.124. The third-order valence-corrected chi connectivity index (χ3v) is 5.41. The van der Waals surface area contributed by atoms with Crippen LogP contribution in [0.3, 0.4) is 0 Å². The molecule has 0 atom stereocenters. The number of amidine groups is 1. The molecule has 0 unspecified atom stereocenters. The van der Waals surface area contributed by atoms with Crippen LogP contribution < -0.4 is 9.50 Å². The van der Waals surface area contributed by atoms with Crippen LogP contribution in [0.25, 0.3) is 6.08 Å². The number of nitrogens with zero attached hydrogens (tertiary/aromatic N) is 1. The number of carbonyl (C=O) groups is 1. The second-order valence-corrected chi connectivity index (χ2v) is 7.86. The van der Waals surface area contributed by atoms with E-state index in [0.29, 0.717) is 10.5 Å². The van der Waals surface area contributed by atoms with E-state index in [1.165, 1.54) is 42.5 Å². The first kappa shape index (κ1) is 18.6. The molecule has 2 aromatic carbocycles. The molecule has 138 valence electrons. The second-order valence-electron chi connectivity index (χ2n) is 5.26. The summed E-state index contributed by atoms with van der Waals surface area (Å²) >= 11 is 0.950. The van der Waals surface area contributed by atoms with Gasteiger partial charge in [-0.05, 0) is 41.6 Å². The van der Waals surface area contributed by atoms with Gasteiger partial charge in [0.25, 0.3) is 11.6 Å². The van der Waals surface area contributed by atoms with Crippen molar-refractivity contribution in [2.45, 2.75) is 4.90 Å². The minimum Gasteiger partial charge on any atom is -0.379 e. The lowest BCUT2D eigenvalue weighted by molar-refractivity contribution is -0.385. The van der Waals surface area contributed by atoms with Crippen molar-refractivity contribution in [1.82, 2.24) is 5.32 Å². The molecule has 9 nitrogen and oxygen atoms in total. The van der Waals surface area contributed by atoms with Gasteiger partial charge < -0.3 is 9.50 Å². The molecule has 0 radical (unpaired) electrons. The van der Waals surface area contributed by atoms with E-state index in [0.717, 1.165) is 17.8 Å². The molecule has 1 fully saturated rings. The molecule has 1 aliphatic rings. The van der Waals surface area contributed by atoms with E-state index >= 15 is 0 Å². The molecule has 1 amide bonds. The van der Waals surface area contributed by atoms with Crippen LogP contribution in [0, 0.1) is 15.5 Å². The monoisotopic (exact) mass is 405 g/mol. The maximum absolute atomic E-state index is 12.4. The molecule has 0 aliphatic carbocycles. The van der Waals surface area contributed by atoms with Gasteiger partial charge >= 0.3 is 10.1 Å². The van der Waals surface area contributed by atoms with Crippen LogP contribution in [0.2, 0.25) is 0 Å². The molecule has 0 spiro atoms. The number of nitrogens with one attached hydrogen (secondary N) is 2. The van der Waals surface area contributed by atoms with Gasteiger partial charge in [-0.15, -0.1) is 0 Å². The molecule has 1 saturated heterocycles. The zero-order chi connectivity index (χ0) is 19.6. The van der Waals surface area contributed by atoms with Gasteiger partial charge in [0.1, 0.15) is 10.6 Å². The Morgan fingerprint density at radius 2 is 1.93 bits per heavy atom. The number of rotatable bonds is 5. The number of carbonyl (C=O) groups excluding carboxylic acids is 1. The van der Waals surface area contributed by atoms with E-state index in [4.69, 9.17) is 9.59 Å². The summed E-state index contributed by atoms with van der Waals surface area (Å²) in [6.45, 7) is 0. The normalized spacial score (nSPS) is 15.6. The summed E-state index contributed by atoms with van der Waals surface area (Å²) in [7, 11) is -4.28. The molecule has 27 heavy (non-hydrogen) atoms. The molecule has 0 saturated carbocycles. The van der Waals surface area contributed by atoms with E-state index in [1.54, 1.807) is 6.07 Å². The summed E-state index contributed by atoms with van der Waals surface area (Å²) in [5.74, 6) is -0.435. The summed E-state index contributed by atoms with van der Waals surface area (Å²) in [6.07, 6.45) is 1.49. The fourth-order valence-corrected chi connectivity index (χ4v) is 3.84. The molecule has 1 aliphatic heterocycles. The van der Waals surface area contributed by atoms with Crippen LogP contribution >= 0.6 is 11.8 Å². The summed E-state index contributed by atoms with van der Waals surface area (Å²) < 4.78 is 29.8. The number of nitro benzene ring substituents is 1. The Hall–Kier alpha value is -3.18. The van der Waals surface area contributed by atoms with Gasteiger partial charge in [0.15, 0.2) is 5.17 Å².